The Bertz CT molecular complexity index is 3200. The Balaban J connectivity index is 1.12. The molecule has 2 aliphatic rings. The first-order valence-corrected chi connectivity index (χ1v) is 22.1. The van der Waals surface area contributed by atoms with E-state index >= 15 is 0 Å². The Morgan fingerprint density at radius 1 is 0.387 bits per heavy atom. The second-order valence-corrected chi connectivity index (χ2v) is 19.1. The minimum atomic E-state index is -0.324. The topological polar surface area (TPSA) is 3.24 Å². The summed E-state index contributed by atoms with van der Waals surface area (Å²) >= 11 is 0. The van der Waals surface area contributed by atoms with Crippen LogP contribution in [0.2, 0.25) is 0 Å². The number of benzene rings is 9. The van der Waals surface area contributed by atoms with Gasteiger partial charge in [0.2, 0.25) is 0 Å². The highest BCUT2D eigenvalue weighted by molar-refractivity contribution is 5.99. The zero-order valence-corrected chi connectivity index (χ0v) is 36.5. The van der Waals surface area contributed by atoms with Gasteiger partial charge < -0.3 is 4.90 Å². The molecule has 0 bridgehead atoms. The van der Waals surface area contributed by atoms with Gasteiger partial charge in [-0.2, -0.15) is 0 Å². The van der Waals surface area contributed by atoms with Crippen LogP contribution in [0, 0.1) is 0 Å². The van der Waals surface area contributed by atoms with E-state index in [-0.39, 0.29) is 16.2 Å². The maximum absolute atomic E-state index is 2.50. The third-order valence-corrected chi connectivity index (χ3v) is 14.1. The number of fused-ring (bicyclic) bond motifs is 7. The van der Waals surface area contributed by atoms with Crippen LogP contribution in [0.25, 0.3) is 55.3 Å². The van der Waals surface area contributed by atoms with E-state index in [1.807, 2.05) is 0 Å². The molecule has 1 atom stereocenters. The van der Waals surface area contributed by atoms with Crippen molar-refractivity contribution in [2.45, 2.75) is 57.8 Å². The minimum absolute atomic E-state index is 0.0630. The monoisotopic (exact) mass is 797 g/mol. The van der Waals surface area contributed by atoms with Crippen LogP contribution >= 0.6 is 0 Å². The third-order valence-electron chi connectivity index (χ3n) is 14.1. The molecule has 0 spiro atoms. The van der Waals surface area contributed by atoms with Gasteiger partial charge in [-0.3, -0.25) is 0 Å². The number of anilines is 3. The lowest BCUT2D eigenvalue weighted by molar-refractivity contribution is 0.584. The van der Waals surface area contributed by atoms with Gasteiger partial charge in [-0.05, 0) is 132 Å². The molecule has 62 heavy (non-hydrogen) atoms. The molecular weight excluding hydrogens is 747 g/mol. The van der Waals surface area contributed by atoms with E-state index in [0.717, 1.165) is 17.1 Å². The molecule has 0 radical (unpaired) electrons. The van der Waals surface area contributed by atoms with Gasteiger partial charge in [-0.1, -0.05) is 198 Å². The van der Waals surface area contributed by atoms with Gasteiger partial charge in [0.1, 0.15) is 0 Å². The van der Waals surface area contributed by atoms with Crippen molar-refractivity contribution in [2.24, 2.45) is 0 Å². The molecule has 0 N–H and O–H groups in total. The average Bonchev–Trinajstić information content (AvgIpc) is 3.70. The summed E-state index contributed by atoms with van der Waals surface area (Å²) < 4.78 is 0. The highest BCUT2D eigenvalue weighted by Gasteiger charge is 2.42. The predicted octanol–water partition coefficient (Wildman–Crippen LogP) is 16.6. The zero-order valence-electron chi connectivity index (χ0n) is 36.5. The van der Waals surface area contributed by atoms with Crippen molar-refractivity contribution >= 4 is 27.8 Å². The molecule has 1 heteroatoms. The Morgan fingerprint density at radius 2 is 1.00 bits per heavy atom. The molecule has 0 amide bonds. The fraction of sp³-hybridized carbons (Fsp3) is 0.148. The van der Waals surface area contributed by atoms with Crippen LogP contribution in [0.1, 0.15) is 74.9 Å². The van der Waals surface area contributed by atoms with Crippen LogP contribution in [-0.2, 0) is 16.2 Å². The summed E-state index contributed by atoms with van der Waals surface area (Å²) in [5, 5.41) is 2.50. The summed E-state index contributed by atoms with van der Waals surface area (Å²) in [6, 6.07) is 75.0. The van der Waals surface area contributed by atoms with Crippen LogP contribution < -0.4 is 4.90 Å². The van der Waals surface area contributed by atoms with Gasteiger partial charge in [-0.15, -0.1) is 0 Å². The van der Waals surface area contributed by atoms with E-state index < -0.39 is 0 Å². The summed E-state index contributed by atoms with van der Waals surface area (Å²) in [5.41, 5.74) is 21.3. The third kappa shape index (κ3) is 5.82. The molecule has 9 aromatic carbocycles. The first-order chi connectivity index (χ1) is 30.0. The van der Waals surface area contributed by atoms with Gasteiger partial charge in [0.05, 0.1) is 5.69 Å². The fourth-order valence-electron chi connectivity index (χ4n) is 10.7. The molecule has 0 aliphatic heterocycles. The van der Waals surface area contributed by atoms with Crippen molar-refractivity contribution in [3.8, 4) is 44.5 Å². The van der Waals surface area contributed by atoms with Crippen molar-refractivity contribution in [3.63, 3.8) is 0 Å². The lowest BCUT2D eigenvalue weighted by atomic mass is 9.74. The molecule has 1 nitrogen and oxygen atoms in total. The Morgan fingerprint density at radius 3 is 1.79 bits per heavy atom. The summed E-state index contributed by atoms with van der Waals surface area (Å²) in [6.45, 7) is 14.1. The fourth-order valence-corrected chi connectivity index (χ4v) is 10.7. The summed E-state index contributed by atoms with van der Waals surface area (Å²) in [7, 11) is 0. The van der Waals surface area contributed by atoms with E-state index in [1.54, 1.807) is 0 Å². The normalized spacial score (nSPS) is 15.8. The van der Waals surface area contributed by atoms with E-state index in [4.69, 9.17) is 0 Å². The standard InChI is InChI=1S/C61H51N/c1-59(2,3)45-31-35-52-55(38-45)60(4,5)54-25-16-23-51(58(52)54)50-22-13-15-26-57(50)62(46-32-29-41(30-33-46)43-28-27-40-17-10-11-18-42(40)37-43)47-34-36-49-48-21-12-14-24-53(48)61(6,56(49)39-47)44-19-8-7-9-20-44/h7-39H,1-6H3. The van der Waals surface area contributed by atoms with Crippen molar-refractivity contribution in [1.29, 1.82) is 0 Å². The number of hydrogen-bond donors (Lipinski definition) is 0. The molecule has 0 aromatic heterocycles. The Labute approximate surface area is 367 Å². The highest BCUT2D eigenvalue weighted by Crippen LogP contribution is 2.56. The largest absolute Gasteiger partial charge is 0.310 e. The van der Waals surface area contributed by atoms with Crippen LogP contribution in [-0.4, -0.2) is 0 Å². The SMILES string of the molecule is CC(C)(C)c1ccc2c(c1)C(C)(C)c1cccc(-c3ccccc3N(c3ccc(-c4ccc5ccccc5c4)cc3)c3ccc4c(c3)C(C)(c3ccccc3)c3ccccc3-4)c1-2. The summed E-state index contributed by atoms with van der Waals surface area (Å²) in [5.74, 6) is 0. The molecule has 0 saturated carbocycles. The summed E-state index contributed by atoms with van der Waals surface area (Å²) in [4.78, 5) is 2.50. The lowest BCUT2D eigenvalue weighted by Crippen LogP contribution is -2.22. The number of nitrogens with zero attached hydrogens (tertiary/aromatic N) is 1. The molecule has 0 saturated heterocycles. The van der Waals surface area contributed by atoms with E-state index in [2.05, 4.69) is 247 Å². The van der Waals surface area contributed by atoms with Crippen molar-refractivity contribution in [1.82, 2.24) is 0 Å². The second-order valence-electron chi connectivity index (χ2n) is 19.1. The summed E-state index contributed by atoms with van der Waals surface area (Å²) in [6.07, 6.45) is 0. The van der Waals surface area contributed by atoms with E-state index in [0.29, 0.717) is 0 Å². The first-order valence-electron chi connectivity index (χ1n) is 22.1. The lowest BCUT2D eigenvalue weighted by Gasteiger charge is -2.32. The molecule has 2 aliphatic carbocycles. The van der Waals surface area contributed by atoms with Gasteiger partial charge >= 0.3 is 0 Å². The predicted molar refractivity (Wildman–Crippen MR) is 263 cm³/mol. The zero-order chi connectivity index (χ0) is 42.4. The van der Waals surface area contributed by atoms with Gasteiger partial charge in [-0.25, -0.2) is 0 Å². The second kappa shape index (κ2) is 14.0. The number of rotatable bonds is 6. The van der Waals surface area contributed by atoms with Crippen LogP contribution in [0.5, 0.6) is 0 Å². The van der Waals surface area contributed by atoms with E-state index in [9.17, 15) is 0 Å². The molecule has 300 valence electrons. The van der Waals surface area contributed by atoms with Gasteiger partial charge in [0, 0.05) is 27.8 Å². The molecule has 11 rings (SSSR count). The van der Waals surface area contributed by atoms with Crippen LogP contribution in [0.15, 0.2) is 200 Å². The number of hydrogen-bond acceptors (Lipinski definition) is 1. The first kappa shape index (κ1) is 38.0. The molecule has 1 unspecified atom stereocenters. The van der Waals surface area contributed by atoms with E-state index in [1.165, 1.54) is 88.7 Å². The maximum atomic E-state index is 2.50. The average molecular weight is 798 g/mol. The molecular formula is C61H51N. The Kier molecular flexibility index (Phi) is 8.61. The quantitative estimate of drug-likeness (QED) is 0.162. The van der Waals surface area contributed by atoms with Crippen molar-refractivity contribution < 1.29 is 0 Å². The van der Waals surface area contributed by atoms with Crippen LogP contribution in [0.4, 0.5) is 17.1 Å². The maximum Gasteiger partial charge on any atom is 0.0540 e. The molecule has 0 fully saturated rings. The van der Waals surface area contributed by atoms with Crippen molar-refractivity contribution in [2.75, 3.05) is 4.90 Å². The smallest absolute Gasteiger partial charge is 0.0540 e. The molecule has 9 aromatic rings. The minimum Gasteiger partial charge on any atom is -0.310 e. The number of para-hydroxylation sites is 1. The van der Waals surface area contributed by atoms with Gasteiger partial charge in [0.25, 0.3) is 0 Å². The Hall–Kier alpha value is -6.96. The van der Waals surface area contributed by atoms with Gasteiger partial charge in [0.15, 0.2) is 0 Å². The van der Waals surface area contributed by atoms with Crippen molar-refractivity contribution in [3.05, 3.63) is 234 Å². The van der Waals surface area contributed by atoms with Crippen LogP contribution in [0.3, 0.4) is 0 Å². The highest BCUT2D eigenvalue weighted by atomic mass is 15.1. The molecule has 0 heterocycles.